The number of hydrogen-bond donors (Lipinski definition) is 1. The van der Waals surface area contributed by atoms with Gasteiger partial charge in [0.15, 0.2) is 11.9 Å². The molecule has 1 amide bonds. The first kappa shape index (κ1) is 16.8. The van der Waals surface area contributed by atoms with E-state index >= 15 is 0 Å². The number of carbonyl (C=O) groups excluding carboxylic acids is 1. The second kappa shape index (κ2) is 7.02. The summed E-state index contributed by atoms with van der Waals surface area (Å²) in [5, 5.41) is 3.35. The summed E-state index contributed by atoms with van der Waals surface area (Å²) in [5.41, 5.74) is 4.52. The fourth-order valence-electron chi connectivity index (χ4n) is 4.46. The molecule has 1 aromatic carbocycles. The van der Waals surface area contributed by atoms with Crippen LogP contribution in [0.1, 0.15) is 53.2 Å². The molecule has 1 fully saturated rings. The van der Waals surface area contributed by atoms with E-state index in [1.165, 1.54) is 11.1 Å². The molecular formula is C21H24N4O2. The summed E-state index contributed by atoms with van der Waals surface area (Å²) < 4.78 is 5.91. The topological polar surface area (TPSA) is 67.3 Å². The monoisotopic (exact) mass is 364 g/mol. The summed E-state index contributed by atoms with van der Waals surface area (Å²) in [6.45, 7) is 3.11. The van der Waals surface area contributed by atoms with Crippen LogP contribution in [0.15, 0.2) is 30.5 Å². The Morgan fingerprint density at radius 1 is 1.22 bits per heavy atom. The van der Waals surface area contributed by atoms with E-state index in [4.69, 9.17) is 9.72 Å². The number of hydrogen-bond acceptors (Lipinski definition) is 5. The lowest BCUT2D eigenvalue weighted by atomic mass is 9.96. The van der Waals surface area contributed by atoms with E-state index in [0.29, 0.717) is 6.61 Å². The summed E-state index contributed by atoms with van der Waals surface area (Å²) in [6, 6.07) is 8.08. The molecule has 140 valence electrons. The molecule has 0 bridgehead atoms. The first-order valence-corrected chi connectivity index (χ1v) is 9.86. The van der Waals surface area contributed by atoms with Crippen molar-refractivity contribution in [3.05, 3.63) is 58.7 Å². The number of fused-ring (bicyclic) bond motifs is 2. The predicted molar refractivity (Wildman–Crippen MR) is 100.0 cm³/mol. The van der Waals surface area contributed by atoms with Gasteiger partial charge in [-0.15, -0.1) is 0 Å². The maximum atomic E-state index is 13.4. The Bertz CT molecular complexity index is 869. The lowest BCUT2D eigenvalue weighted by Gasteiger charge is -2.31. The van der Waals surface area contributed by atoms with Crippen LogP contribution in [0, 0.1) is 0 Å². The zero-order valence-corrected chi connectivity index (χ0v) is 15.4. The van der Waals surface area contributed by atoms with Crippen LogP contribution in [0.2, 0.25) is 0 Å². The summed E-state index contributed by atoms with van der Waals surface area (Å²) >= 11 is 0. The Kier molecular flexibility index (Phi) is 4.38. The molecule has 0 saturated carbocycles. The smallest absolute Gasteiger partial charge is 0.256 e. The van der Waals surface area contributed by atoms with Crippen LogP contribution in [0.3, 0.4) is 0 Å². The van der Waals surface area contributed by atoms with Crippen molar-refractivity contribution in [2.45, 2.75) is 44.4 Å². The van der Waals surface area contributed by atoms with Gasteiger partial charge in [0.05, 0.1) is 12.6 Å². The van der Waals surface area contributed by atoms with Gasteiger partial charge in [-0.05, 0) is 30.4 Å². The summed E-state index contributed by atoms with van der Waals surface area (Å²) in [5.74, 6) is 0.832. The molecule has 6 nitrogen and oxygen atoms in total. The van der Waals surface area contributed by atoms with Gasteiger partial charge in [-0.1, -0.05) is 24.3 Å². The molecule has 1 N–H and O–H groups in total. The average Bonchev–Trinajstić information content (AvgIpc) is 3.22. The van der Waals surface area contributed by atoms with Crippen LogP contribution >= 0.6 is 0 Å². The number of amides is 1. The van der Waals surface area contributed by atoms with E-state index in [0.717, 1.165) is 62.4 Å². The zero-order chi connectivity index (χ0) is 18.2. The highest BCUT2D eigenvalue weighted by Gasteiger charge is 2.38. The summed E-state index contributed by atoms with van der Waals surface area (Å²) in [4.78, 5) is 24.8. The van der Waals surface area contributed by atoms with E-state index in [9.17, 15) is 4.79 Å². The van der Waals surface area contributed by atoms with E-state index < -0.39 is 6.10 Å². The number of carbonyl (C=O) groups is 1. The molecule has 27 heavy (non-hydrogen) atoms. The van der Waals surface area contributed by atoms with Crippen LogP contribution < -0.4 is 5.32 Å². The van der Waals surface area contributed by atoms with Crippen LogP contribution in [-0.2, 0) is 28.9 Å². The van der Waals surface area contributed by atoms with Gasteiger partial charge in [0, 0.05) is 43.5 Å². The van der Waals surface area contributed by atoms with E-state index in [2.05, 4.69) is 16.4 Å². The van der Waals surface area contributed by atoms with Gasteiger partial charge >= 0.3 is 0 Å². The molecule has 2 atom stereocenters. The van der Waals surface area contributed by atoms with Gasteiger partial charge in [0.2, 0.25) is 0 Å². The molecule has 0 aliphatic carbocycles. The van der Waals surface area contributed by atoms with Crippen molar-refractivity contribution in [3.8, 4) is 0 Å². The number of rotatable bonds is 2. The van der Waals surface area contributed by atoms with Gasteiger partial charge in [0.1, 0.15) is 0 Å². The lowest BCUT2D eigenvalue weighted by Crippen LogP contribution is -2.38. The van der Waals surface area contributed by atoms with Crippen molar-refractivity contribution >= 4 is 5.91 Å². The molecule has 4 heterocycles. The molecule has 6 heteroatoms. The maximum Gasteiger partial charge on any atom is 0.256 e. The third kappa shape index (κ3) is 3.03. The molecule has 5 rings (SSSR count). The Morgan fingerprint density at radius 2 is 2.15 bits per heavy atom. The largest absolute Gasteiger partial charge is 0.363 e. The highest BCUT2D eigenvalue weighted by atomic mass is 16.5. The van der Waals surface area contributed by atoms with Gasteiger partial charge in [0.25, 0.3) is 5.91 Å². The van der Waals surface area contributed by atoms with Crippen molar-refractivity contribution in [2.24, 2.45) is 0 Å². The maximum absolute atomic E-state index is 13.4. The number of ether oxygens (including phenoxy) is 1. The van der Waals surface area contributed by atoms with Crippen molar-refractivity contribution in [1.29, 1.82) is 0 Å². The van der Waals surface area contributed by atoms with Crippen molar-refractivity contribution in [3.63, 3.8) is 0 Å². The fraction of sp³-hybridized carbons (Fsp3) is 0.476. The second-order valence-corrected chi connectivity index (χ2v) is 7.52. The van der Waals surface area contributed by atoms with Crippen LogP contribution in [-0.4, -0.2) is 40.5 Å². The van der Waals surface area contributed by atoms with Crippen LogP contribution in [0.25, 0.3) is 0 Å². The molecule has 3 aliphatic heterocycles. The number of nitrogens with zero attached hydrogens (tertiary/aromatic N) is 3. The van der Waals surface area contributed by atoms with Gasteiger partial charge in [-0.25, -0.2) is 9.97 Å². The molecule has 0 radical (unpaired) electrons. The highest BCUT2D eigenvalue weighted by molar-refractivity contribution is 5.83. The fourth-order valence-corrected chi connectivity index (χ4v) is 4.46. The van der Waals surface area contributed by atoms with Gasteiger partial charge in [-0.2, -0.15) is 0 Å². The quantitative estimate of drug-likeness (QED) is 0.884. The number of benzene rings is 1. The van der Waals surface area contributed by atoms with E-state index in [-0.39, 0.29) is 11.9 Å². The molecule has 3 aliphatic rings. The molecule has 1 aromatic heterocycles. The molecule has 2 unspecified atom stereocenters. The van der Waals surface area contributed by atoms with Crippen molar-refractivity contribution < 1.29 is 9.53 Å². The number of likely N-dealkylation sites (tertiary alicyclic amines) is 1. The van der Waals surface area contributed by atoms with Gasteiger partial charge in [-0.3, -0.25) is 4.79 Å². The highest BCUT2D eigenvalue weighted by Crippen LogP contribution is 2.36. The zero-order valence-electron chi connectivity index (χ0n) is 15.4. The molecule has 2 aromatic rings. The third-order valence-electron chi connectivity index (χ3n) is 5.88. The van der Waals surface area contributed by atoms with Crippen LogP contribution in [0.4, 0.5) is 0 Å². The molecular weight excluding hydrogens is 340 g/mol. The molecule has 1 saturated heterocycles. The third-order valence-corrected chi connectivity index (χ3v) is 5.88. The Morgan fingerprint density at radius 3 is 3.11 bits per heavy atom. The number of nitrogens with one attached hydrogen (secondary N) is 1. The molecule has 0 spiro atoms. The second-order valence-electron chi connectivity index (χ2n) is 7.52. The van der Waals surface area contributed by atoms with Crippen molar-refractivity contribution in [2.75, 3.05) is 19.7 Å². The summed E-state index contributed by atoms with van der Waals surface area (Å²) in [6.07, 6.45) is 5.11. The number of aromatic nitrogens is 2. The predicted octanol–water partition coefficient (Wildman–Crippen LogP) is 2.10. The van der Waals surface area contributed by atoms with E-state index in [1.54, 1.807) is 0 Å². The SMILES string of the molecule is O=C(C1OCCc2ccccc21)N1CCCC1c1ncc2c(n1)CCNC2. The van der Waals surface area contributed by atoms with Crippen molar-refractivity contribution in [1.82, 2.24) is 20.2 Å². The van der Waals surface area contributed by atoms with E-state index in [1.807, 2.05) is 29.3 Å². The first-order valence-electron chi connectivity index (χ1n) is 9.86. The normalized spacial score (nSPS) is 24.4. The Hall–Kier alpha value is -2.31. The first-order chi connectivity index (χ1) is 13.3. The average molecular weight is 364 g/mol. The van der Waals surface area contributed by atoms with Gasteiger partial charge < -0.3 is 15.0 Å². The Labute approximate surface area is 159 Å². The standard InChI is InChI=1S/C21H24N4O2/c26-21(19-16-5-2-1-4-14(16)8-11-27-19)25-10-3-6-18(25)20-23-13-15-12-22-9-7-17(15)24-20/h1-2,4-5,13,18-19,22H,3,6-12H2. The summed E-state index contributed by atoms with van der Waals surface area (Å²) in [7, 11) is 0. The minimum atomic E-state index is -0.502. The lowest BCUT2D eigenvalue weighted by molar-refractivity contribution is -0.146. The van der Waals surface area contributed by atoms with Crippen LogP contribution in [0.5, 0.6) is 0 Å². The minimum absolute atomic E-state index is 0.0459. The Balaban J connectivity index is 1.43. The minimum Gasteiger partial charge on any atom is -0.363 e.